The van der Waals surface area contributed by atoms with Crippen LogP contribution in [-0.4, -0.2) is 10.9 Å². The second-order valence-corrected chi connectivity index (χ2v) is 5.04. The molecule has 1 unspecified atom stereocenters. The summed E-state index contributed by atoms with van der Waals surface area (Å²) in [4.78, 5) is 16.1. The fraction of sp³-hybridized carbons (Fsp3) is 0.294. The Morgan fingerprint density at radius 2 is 1.95 bits per heavy atom. The van der Waals surface area contributed by atoms with E-state index in [9.17, 15) is 4.79 Å². The van der Waals surface area contributed by atoms with Crippen molar-refractivity contribution in [2.45, 2.75) is 26.7 Å². The molecule has 0 saturated heterocycles. The van der Waals surface area contributed by atoms with Gasteiger partial charge in [-0.2, -0.15) is 0 Å². The van der Waals surface area contributed by atoms with Crippen LogP contribution in [0, 0.1) is 5.92 Å². The zero-order valence-corrected chi connectivity index (χ0v) is 12.0. The number of hydrogen-bond acceptors (Lipinski definition) is 2. The van der Waals surface area contributed by atoms with Crippen LogP contribution in [0.1, 0.15) is 31.4 Å². The lowest BCUT2D eigenvalue weighted by molar-refractivity contribution is -0.119. The van der Waals surface area contributed by atoms with Gasteiger partial charge in [0.1, 0.15) is 0 Å². The van der Waals surface area contributed by atoms with Gasteiger partial charge in [0.25, 0.3) is 0 Å². The highest BCUT2D eigenvalue weighted by molar-refractivity contribution is 5.92. The fourth-order valence-corrected chi connectivity index (χ4v) is 1.94. The molecule has 0 saturated carbocycles. The number of anilines is 1. The van der Waals surface area contributed by atoms with Crippen LogP contribution in [0.3, 0.4) is 0 Å². The van der Waals surface area contributed by atoms with E-state index in [1.807, 2.05) is 44.3 Å². The van der Waals surface area contributed by atoms with Gasteiger partial charge in [0.15, 0.2) is 0 Å². The van der Waals surface area contributed by atoms with Gasteiger partial charge in [-0.05, 0) is 30.0 Å². The molecule has 1 N–H and O–H groups in total. The normalized spacial score (nSPS) is 11.9. The van der Waals surface area contributed by atoms with Gasteiger partial charge >= 0.3 is 0 Å². The summed E-state index contributed by atoms with van der Waals surface area (Å²) in [5.74, 6) is 0.0685. The predicted octanol–water partition coefficient (Wildman–Crippen LogP) is 3.66. The Bertz CT molecular complexity index is 566. The molecule has 104 valence electrons. The van der Waals surface area contributed by atoms with Crippen molar-refractivity contribution in [3.8, 4) is 0 Å². The van der Waals surface area contributed by atoms with Gasteiger partial charge in [-0.25, -0.2) is 0 Å². The summed E-state index contributed by atoms with van der Waals surface area (Å²) in [7, 11) is 0. The van der Waals surface area contributed by atoms with Gasteiger partial charge in [-0.15, -0.1) is 0 Å². The SMILES string of the molecule is CCC(C)C(=O)Nc1cncc(Cc2ccccc2)c1. The maximum Gasteiger partial charge on any atom is 0.227 e. The van der Waals surface area contributed by atoms with Crippen molar-refractivity contribution in [1.82, 2.24) is 4.98 Å². The summed E-state index contributed by atoms with van der Waals surface area (Å²) in [6, 6.07) is 12.2. The molecular formula is C17H20N2O. The van der Waals surface area contributed by atoms with E-state index < -0.39 is 0 Å². The van der Waals surface area contributed by atoms with Crippen molar-refractivity contribution in [2.24, 2.45) is 5.92 Å². The Labute approximate surface area is 120 Å². The first kappa shape index (κ1) is 14.3. The summed E-state index contributed by atoms with van der Waals surface area (Å²) < 4.78 is 0. The first-order valence-corrected chi connectivity index (χ1v) is 6.97. The molecule has 1 aromatic heterocycles. The topological polar surface area (TPSA) is 42.0 Å². The van der Waals surface area contributed by atoms with E-state index in [1.165, 1.54) is 5.56 Å². The van der Waals surface area contributed by atoms with Crippen LogP contribution in [0.4, 0.5) is 5.69 Å². The summed E-state index contributed by atoms with van der Waals surface area (Å²) in [5.41, 5.74) is 3.10. The van der Waals surface area contributed by atoms with Gasteiger partial charge in [-0.3, -0.25) is 9.78 Å². The van der Waals surface area contributed by atoms with E-state index in [0.29, 0.717) is 0 Å². The third-order valence-corrected chi connectivity index (χ3v) is 3.37. The zero-order valence-electron chi connectivity index (χ0n) is 12.0. The van der Waals surface area contributed by atoms with Crippen molar-refractivity contribution in [3.63, 3.8) is 0 Å². The Balaban J connectivity index is 2.06. The average molecular weight is 268 g/mol. The number of amides is 1. The number of carbonyl (C=O) groups is 1. The number of aromatic nitrogens is 1. The van der Waals surface area contributed by atoms with Gasteiger partial charge in [-0.1, -0.05) is 44.2 Å². The number of nitrogens with zero attached hydrogens (tertiary/aromatic N) is 1. The zero-order chi connectivity index (χ0) is 14.4. The molecule has 1 heterocycles. The van der Waals surface area contributed by atoms with Crippen LogP contribution in [0.5, 0.6) is 0 Å². The number of pyridine rings is 1. The molecule has 0 aliphatic carbocycles. The molecule has 20 heavy (non-hydrogen) atoms. The Hall–Kier alpha value is -2.16. The van der Waals surface area contributed by atoms with Gasteiger partial charge in [0, 0.05) is 12.1 Å². The summed E-state index contributed by atoms with van der Waals surface area (Å²) in [6.07, 6.45) is 5.19. The van der Waals surface area contributed by atoms with Crippen LogP contribution in [-0.2, 0) is 11.2 Å². The molecule has 1 atom stereocenters. The Morgan fingerprint density at radius 3 is 2.65 bits per heavy atom. The molecule has 2 rings (SSSR count). The van der Waals surface area contributed by atoms with Crippen molar-refractivity contribution in [3.05, 3.63) is 59.9 Å². The quantitative estimate of drug-likeness (QED) is 0.899. The minimum absolute atomic E-state index is 0.0211. The van der Waals surface area contributed by atoms with Crippen molar-refractivity contribution < 1.29 is 4.79 Å². The third kappa shape index (κ3) is 3.92. The number of rotatable bonds is 5. The van der Waals surface area contributed by atoms with E-state index in [0.717, 1.165) is 24.1 Å². The molecule has 0 fully saturated rings. The predicted molar refractivity (Wildman–Crippen MR) is 81.6 cm³/mol. The Kier molecular flexibility index (Phi) is 4.88. The first-order chi connectivity index (χ1) is 9.69. The number of hydrogen-bond donors (Lipinski definition) is 1. The lowest BCUT2D eigenvalue weighted by Gasteiger charge is -2.10. The van der Waals surface area contributed by atoms with Gasteiger partial charge < -0.3 is 5.32 Å². The van der Waals surface area contributed by atoms with Gasteiger partial charge in [0.05, 0.1) is 11.9 Å². The largest absolute Gasteiger partial charge is 0.324 e. The van der Waals surface area contributed by atoms with Crippen LogP contribution in [0.15, 0.2) is 48.8 Å². The van der Waals surface area contributed by atoms with E-state index in [-0.39, 0.29) is 11.8 Å². The van der Waals surface area contributed by atoms with E-state index in [4.69, 9.17) is 0 Å². The van der Waals surface area contributed by atoms with E-state index in [1.54, 1.807) is 6.20 Å². The highest BCUT2D eigenvalue weighted by atomic mass is 16.1. The first-order valence-electron chi connectivity index (χ1n) is 6.97. The van der Waals surface area contributed by atoms with Crippen molar-refractivity contribution >= 4 is 11.6 Å². The smallest absolute Gasteiger partial charge is 0.227 e. The molecule has 3 nitrogen and oxygen atoms in total. The minimum Gasteiger partial charge on any atom is -0.324 e. The maximum absolute atomic E-state index is 11.9. The van der Waals surface area contributed by atoms with Crippen LogP contribution in [0.25, 0.3) is 0 Å². The molecule has 3 heteroatoms. The monoisotopic (exact) mass is 268 g/mol. The summed E-state index contributed by atoms with van der Waals surface area (Å²) in [6.45, 7) is 3.94. The second-order valence-electron chi connectivity index (χ2n) is 5.04. The van der Waals surface area contributed by atoms with Crippen molar-refractivity contribution in [1.29, 1.82) is 0 Å². The number of carbonyl (C=O) groups excluding carboxylic acids is 1. The molecule has 0 aliphatic rings. The molecule has 0 bridgehead atoms. The molecule has 1 amide bonds. The summed E-state index contributed by atoms with van der Waals surface area (Å²) >= 11 is 0. The van der Waals surface area contributed by atoms with Crippen molar-refractivity contribution in [2.75, 3.05) is 5.32 Å². The lowest BCUT2D eigenvalue weighted by atomic mass is 10.1. The molecule has 0 spiro atoms. The highest BCUT2D eigenvalue weighted by Crippen LogP contribution is 2.14. The molecule has 0 radical (unpaired) electrons. The highest BCUT2D eigenvalue weighted by Gasteiger charge is 2.10. The van der Waals surface area contributed by atoms with E-state index >= 15 is 0 Å². The number of nitrogens with one attached hydrogen (secondary N) is 1. The minimum atomic E-state index is 0.0211. The average Bonchev–Trinajstić information content (AvgIpc) is 2.47. The molecule has 1 aromatic carbocycles. The molecular weight excluding hydrogens is 248 g/mol. The van der Waals surface area contributed by atoms with Crippen LogP contribution >= 0.6 is 0 Å². The number of benzene rings is 1. The standard InChI is InChI=1S/C17H20N2O/c1-3-13(2)17(20)19-16-10-15(11-18-12-16)9-14-7-5-4-6-8-14/h4-8,10-13H,3,9H2,1-2H3,(H,19,20). The fourth-order valence-electron chi connectivity index (χ4n) is 1.94. The summed E-state index contributed by atoms with van der Waals surface area (Å²) in [5, 5.41) is 2.92. The second kappa shape index (κ2) is 6.85. The molecule has 0 aliphatic heterocycles. The van der Waals surface area contributed by atoms with Gasteiger partial charge in [0.2, 0.25) is 5.91 Å². The third-order valence-electron chi connectivity index (χ3n) is 3.37. The van der Waals surface area contributed by atoms with Crippen LogP contribution in [0.2, 0.25) is 0 Å². The maximum atomic E-state index is 11.9. The van der Waals surface area contributed by atoms with E-state index in [2.05, 4.69) is 22.4 Å². The lowest BCUT2D eigenvalue weighted by Crippen LogP contribution is -2.19. The van der Waals surface area contributed by atoms with Crippen LogP contribution < -0.4 is 5.32 Å². The Morgan fingerprint density at radius 1 is 1.20 bits per heavy atom. The molecule has 2 aromatic rings.